The van der Waals surface area contributed by atoms with E-state index in [2.05, 4.69) is 11.5 Å². The van der Waals surface area contributed by atoms with E-state index < -0.39 is 0 Å². The van der Waals surface area contributed by atoms with E-state index >= 15 is 0 Å². The third kappa shape index (κ3) is 1.30. The number of rotatable bonds is 2. The van der Waals surface area contributed by atoms with Gasteiger partial charge in [-0.3, -0.25) is 0 Å². The van der Waals surface area contributed by atoms with Crippen LogP contribution in [0, 0.1) is 5.82 Å². The minimum Gasteiger partial charge on any atom is -0.344 e. The molecule has 2 nitrogen and oxygen atoms in total. The Hall–Kier alpha value is -1.35. The lowest BCUT2D eigenvalue weighted by Crippen LogP contribution is -2.05. The summed E-state index contributed by atoms with van der Waals surface area (Å²) < 4.78 is 15.1. The largest absolute Gasteiger partial charge is 0.344 e. The highest BCUT2D eigenvalue weighted by molar-refractivity contribution is 5.81. The molecule has 3 heteroatoms. The summed E-state index contributed by atoms with van der Waals surface area (Å²) >= 11 is 0. The molecule has 0 aliphatic carbocycles. The molecular formula is C11H13FN2. The van der Waals surface area contributed by atoms with Gasteiger partial charge in [0, 0.05) is 29.7 Å². The van der Waals surface area contributed by atoms with E-state index in [-0.39, 0.29) is 5.82 Å². The number of halogens is 1. The number of hydrogen-bond donors (Lipinski definition) is 1. The van der Waals surface area contributed by atoms with E-state index in [9.17, 15) is 4.39 Å². The minimum absolute atomic E-state index is 0.200. The Kier molecular flexibility index (Phi) is 2.25. The second-order valence-electron chi connectivity index (χ2n) is 3.29. The van der Waals surface area contributed by atoms with E-state index in [4.69, 9.17) is 5.73 Å². The molecular weight excluding hydrogens is 179 g/mol. The van der Waals surface area contributed by atoms with Gasteiger partial charge in [-0.1, -0.05) is 0 Å². The maximum atomic E-state index is 12.9. The summed E-state index contributed by atoms with van der Waals surface area (Å²) in [5.41, 5.74) is 7.71. The molecule has 1 aromatic heterocycles. The van der Waals surface area contributed by atoms with Gasteiger partial charge < -0.3 is 10.3 Å². The van der Waals surface area contributed by atoms with E-state index in [0.717, 1.165) is 23.1 Å². The van der Waals surface area contributed by atoms with E-state index in [0.29, 0.717) is 6.54 Å². The maximum absolute atomic E-state index is 12.9. The number of fused-ring (bicyclic) bond motifs is 1. The van der Waals surface area contributed by atoms with Crippen LogP contribution in [0.1, 0.15) is 12.6 Å². The second-order valence-corrected chi connectivity index (χ2v) is 3.29. The summed E-state index contributed by atoms with van der Waals surface area (Å²) in [4.78, 5) is 0. The van der Waals surface area contributed by atoms with Crippen molar-refractivity contribution in [3.8, 4) is 0 Å². The molecule has 0 aliphatic rings. The molecule has 2 N–H and O–H groups in total. The van der Waals surface area contributed by atoms with Gasteiger partial charge in [0.25, 0.3) is 0 Å². The van der Waals surface area contributed by atoms with Crippen molar-refractivity contribution >= 4 is 10.9 Å². The predicted molar refractivity (Wildman–Crippen MR) is 55.5 cm³/mol. The van der Waals surface area contributed by atoms with Crippen LogP contribution in [-0.4, -0.2) is 4.57 Å². The van der Waals surface area contributed by atoms with Crippen molar-refractivity contribution in [2.24, 2.45) is 5.73 Å². The summed E-state index contributed by atoms with van der Waals surface area (Å²) in [5.74, 6) is -0.200. The van der Waals surface area contributed by atoms with Crippen LogP contribution in [-0.2, 0) is 13.1 Å². The molecule has 0 saturated heterocycles. The molecule has 1 aromatic carbocycles. The maximum Gasteiger partial charge on any atom is 0.123 e. The molecule has 0 fully saturated rings. The van der Waals surface area contributed by atoms with Crippen molar-refractivity contribution < 1.29 is 4.39 Å². The van der Waals surface area contributed by atoms with Gasteiger partial charge in [-0.25, -0.2) is 4.39 Å². The number of aryl methyl sites for hydroxylation is 1. The van der Waals surface area contributed by atoms with Crippen LogP contribution in [0.5, 0.6) is 0 Å². The topological polar surface area (TPSA) is 30.9 Å². The van der Waals surface area contributed by atoms with Crippen LogP contribution in [0.15, 0.2) is 24.3 Å². The van der Waals surface area contributed by atoms with Gasteiger partial charge in [-0.05, 0) is 31.2 Å². The van der Waals surface area contributed by atoms with Crippen LogP contribution in [0.3, 0.4) is 0 Å². The Labute approximate surface area is 82.1 Å². The fourth-order valence-corrected chi connectivity index (χ4v) is 1.84. The van der Waals surface area contributed by atoms with Crippen LogP contribution in [0.25, 0.3) is 10.9 Å². The first-order chi connectivity index (χ1) is 6.76. The predicted octanol–water partition coefficient (Wildman–Crippen LogP) is 2.26. The Morgan fingerprint density at radius 2 is 2.14 bits per heavy atom. The van der Waals surface area contributed by atoms with Gasteiger partial charge in [0.05, 0.1) is 0 Å². The molecule has 0 atom stereocenters. The Morgan fingerprint density at radius 1 is 1.36 bits per heavy atom. The number of nitrogens with zero attached hydrogens (tertiary/aromatic N) is 1. The quantitative estimate of drug-likeness (QED) is 0.777. The third-order valence-corrected chi connectivity index (χ3v) is 2.47. The lowest BCUT2D eigenvalue weighted by Gasteiger charge is -2.04. The Balaban J connectivity index is 2.73. The number of hydrogen-bond acceptors (Lipinski definition) is 1. The molecule has 0 aliphatic heterocycles. The highest BCUT2D eigenvalue weighted by Gasteiger charge is 2.06. The van der Waals surface area contributed by atoms with Gasteiger partial charge in [0.2, 0.25) is 0 Å². The Morgan fingerprint density at radius 3 is 2.79 bits per heavy atom. The Bertz CT molecular complexity index is 460. The standard InChI is InChI=1S/C11H13FN2/c1-2-14-10(7-13)6-8-5-9(12)3-4-11(8)14/h3-6H,2,7,13H2,1H3. The van der Waals surface area contributed by atoms with Crippen LogP contribution < -0.4 is 5.73 Å². The van der Waals surface area contributed by atoms with Crippen molar-refractivity contribution in [1.29, 1.82) is 0 Å². The fourth-order valence-electron chi connectivity index (χ4n) is 1.84. The SMILES string of the molecule is CCn1c(CN)cc2cc(F)ccc21. The first-order valence-corrected chi connectivity index (χ1v) is 4.74. The molecule has 0 saturated carbocycles. The number of nitrogens with two attached hydrogens (primary N) is 1. The van der Waals surface area contributed by atoms with Crippen LogP contribution in [0.2, 0.25) is 0 Å². The van der Waals surface area contributed by atoms with Crippen molar-refractivity contribution in [2.75, 3.05) is 0 Å². The monoisotopic (exact) mass is 192 g/mol. The van der Waals surface area contributed by atoms with Crippen molar-refractivity contribution in [3.63, 3.8) is 0 Å². The molecule has 74 valence electrons. The van der Waals surface area contributed by atoms with Crippen molar-refractivity contribution in [3.05, 3.63) is 35.8 Å². The summed E-state index contributed by atoms with van der Waals surface area (Å²) in [6, 6.07) is 6.77. The zero-order valence-corrected chi connectivity index (χ0v) is 8.13. The number of benzene rings is 1. The highest BCUT2D eigenvalue weighted by Crippen LogP contribution is 2.20. The minimum atomic E-state index is -0.200. The average Bonchev–Trinajstić information content (AvgIpc) is 2.54. The summed E-state index contributed by atoms with van der Waals surface area (Å²) in [6.07, 6.45) is 0. The lowest BCUT2D eigenvalue weighted by atomic mass is 10.2. The summed E-state index contributed by atoms with van der Waals surface area (Å²) in [7, 11) is 0. The lowest BCUT2D eigenvalue weighted by molar-refractivity contribution is 0.629. The summed E-state index contributed by atoms with van der Waals surface area (Å²) in [6.45, 7) is 3.41. The molecule has 0 unspecified atom stereocenters. The number of aromatic nitrogens is 1. The van der Waals surface area contributed by atoms with E-state index in [1.165, 1.54) is 6.07 Å². The molecule has 14 heavy (non-hydrogen) atoms. The zero-order chi connectivity index (χ0) is 10.1. The molecule has 1 heterocycles. The fraction of sp³-hybridized carbons (Fsp3) is 0.273. The van der Waals surface area contributed by atoms with Crippen molar-refractivity contribution in [2.45, 2.75) is 20.0 Å². The van der Waals surface area contributed by atoms with Gasteiger partial charge in [-0.15, -0.1) is 0 Å². The first-order valence-electron chi connectivity index (χ1n) is 4.74. The molecule has 2 rings (SSSR count). The average molecular weight is 192 g/mol. The molecule has 0 radical (unpaired) electrons. The summed E-state index contributed by atoms with van der Waals surface area (Å²) in [5, 5.41) is 0.923. The van der Waals surface area contributed by atoms with Gasteiger partial charge >= 0.3 is 0 Å². The zero-order valence-electron chi connectivity index (χ0n) is 8.13. The van der Waals surface area contributed by atoms with Gasteiger partial charge in [0.1, 0.15) is 5.82 Å². The van der Waals surface area contributed by atoms with E-state index in [1.54, 1.807) is 12.1 Å². The second kappa shape index (κ2) is 3.42. The van der Waals surface area contributed by atoms with Gasteiger partial charge in [-0.2, -0.15) is 0 Å². The molecule has 2 aromatic rings. The van der Waals surface area contributed by atoms with Crippen LogP contribution >= 0.6 is 0 Å². The van der Waals surface area contributed by atoms with Crippen LogP contribution in [0.4, 0.5) is 4.39 Å². The van der Waals surface area contributed by atoms with Crippen molar-refractivity contribution in [1.82, 2.24) is 4.57 Å². The normalized spacial score (nSPS) is 11.1. The molecule has 0 bridgehead atoms. The third-order valence-electron chi connectivity index (χ3n) is 2.47. The van der Waals surface area contributed by atoms with Gasteiger partial charge in [0.15, 0.2) is 0 Å². The first kappa shape index (κ1) is 9.21. The smallest absolute Gasteiger partial charge is 0.123 e. The molecule has 0 amide bonds. The molecule has 0 spiro atoms. The highest BCUT2D eigenvalue weighted by atomic mass is 19.1. The van der Waals surface area contributed by atoms with E-state index in [1.807, 2.05) is 6.07 Å².